The number of nitrogens with one attached hydrogen (secondary N) is 3. The molecule has 34 heavy (non-hydrogen) atoms. The van der Waals surface area contributed by atoms with Crippen molar-refractivity contribution in [3.8, 4) is 0 Å². The number of rotatable bonds is 6. The molecule has 9 heteroatoms. The number of carbonyl (C=O) groups is 1. The molecule has 1 fully saturated rings. The van der Waals surface area contributed by atoms with Gasteiger partial charge in [0.15, 0.2) is 5.11 Å². The molecule has 3 N–H and O–H groups in total. The van der Waals surface area contributed by atoms with E-state index in [0.29, 0.717) is 22.8 Å². The Morgan fingerprint density at radius 3 is 2.56 bits per heavy atom. The summed E-state index contributed by atoms with van der Waals surface area (Å²) in [7, 11) is 5.49. The Morgan fingerprint density at radius 2 is 1.82 bits per heavy atom. The summed E-state index contributed by atoms with van der Waals surface area (Å²) in [5.74, 6) is 1.44. The summed E-state index contributed by atoms with van der Waals surface area (Å²) in [6.45, 7) is 0. The van der Waals surface area contributed by atoms with Crippen LogP contribution in [-0.4, -0.2) is 54.3 Å². The summed E-state index contributed by atoms with van der Waals surface area (Å²) < 4.78 is 4.78. The van der Waals surface area contributed by atoms with Gasteiger partial charge in [0.25, 0.3) is 0 Å². The number of benzene rings is 1. The second-order valence-electron chi connectivity index (χ2n) is 9.26. The molecule has 0 saturated heterocycles. The number of fused-ring (bicyclic) bond motifs is 1. The number of methoxy groups -OCH3 is 1. The van der Waals surface area contributed by atoms with Crippen molar-refractivity contribution < 1.29 is 9.53 Å². The standard InChI is InChI=1S/C25H34N6O2S/c1-31(2)22-20-9-4-5-10-21(20)29-24(30-22)26-17-11-13-18(14-12-17)27-25(34)28-19-8-6-7-16(15-19)23(32)33-3/h6-8,15,17-18H,4-5,9-14H2,1-3H3,(H,26,29,30)(H2,27,28,34)/t17-,18+. The fraction of sp³-hybridized carbons (Fsp3) is 0.520. The van der Waals surface area contributed by atoms with E-state index < -0.39 is 0 Å². The molecule has 0 amide bonds. The first-order chi connectivity index (χ1) is 16.4. The van der Waals surface area contributed by atoms with E-state index in [1.54, 1.807) is 18.2 Å². The van der Waals surface area contributed by atoms with Crippen molar-refractivity contribution in [2.75, 3.05) is 36.7 Å². The summed E-state index contributed by atoms with van der Waals surface area (Å²) in [6.07, 6.45) is 8.59. The highest BCUT2D eigenvalue weighted by Crippen LogP contribution is 2.29. The molecule has 1 aromatic heterocycles. The Morgan fingerprint density at radius 1 is 1.09 bits per heavy atom. The summed E-state index contributed by atoms with van der Waals surface area (Å²) in [5.41, 5.74) is 3.77. The fourth-order valence-corrected chi connectivity index (χ4v) is 5.05. The second-order valence-corrected chi connectivity index (χ2v) is 9.67. The lowest BCUT2D eigenvalue weighted by molar-refractivity contribution is 0.0601. The lowest BCUT2D eigenvalue weighted by atomic mass is 9.91. The lowest BCUT2D eigenvalue weighted by Crippen LogP contribution is -2.42. The van der Waals surface area contributed by atoms with Gasteiger partial charge in [-0.3, -0.25) is 0 Å². The molecule has 2 aliphatic rings. The van der Waals surface area contributed by atoms with Crippen molar-refractivity contribution in [2.24, 2.45) is 0 Å². The van der Waals surface area contributed by atoms with Gasteiger partial charge in [0.1, 0.15) is 5.82 Å². The molecule has 1 heterocycles. The average Bonchev–Trinajstić information content (AvgIpc) is 2.84. The second kappa shape index (κ2) is 11.0. The van der Waals surface area contributed by atoms with Crippen LogP contribution in [0.1, 0.15) is 60.1 Å². The third kappa shape index (κ3) is 5.94. The number of carbonyl (C=O) groups excluding carboxylic acids is 1. The largest absolute Gasteiger partial charge is 0.465 e. The molecule has 0 bridgehead atoms. The van der Waals surface area contributed by atoms with Crippen molar-refractivity contribution in [1.82, 2.24) is 15.3 Å². The van der Waals surface area contributed by atoms with Crippen LogP contribution in [0.3, 0.4) is 0 Å². The van der Waals surface area contributed by atoms with Gasteiger partial charge in [0.2, 0.25) is 5.95 Å². The topological polar surface area (TPSA) is 91.4 Å². The number of esters is 1. The van der Waals surface area contributed by atoms with Crippen molar-refractivity contribution in [1.29, 1.82) is 0 Å². The highest BCUT2D eigenvalue weighted by Gasteiger charge is 2.24. The van der Waals surface area contributed by atoms with Gasteiger partial charge in [-0.15, -0.1) is 0 Å². The van der Waals surface area contributed by atoms with Gasteiger partial charge >= 0.3 is 5.97 Å². The highest BCUT2D eigenvalue weighted by molar-refractivity contribution is 7.80. The zero-order chi connectivity index (χ0) is 24.1. The zero-order valence-electron chi connectivity index (χ0n) is 20.2. The van der Waals surface area contributed by atoms with E-state index in [0.717, 1.165) is 56.0 Å². The number of hydrogen-bond acceptors (Lipinski definition) is 7. The van der Waals surface area contributed by atoms with Gasteiger partial charge in [0.05, 0.1) is 18.4 Å². The van der Waals surface area contributed by atoms with E-state index in [2.05, 4.69) is 34.9 Å². The van der Waals surface area contributed by atoms with Crippen LogP contribution in [0.4, 0.5) is 17.5 Å². The van der Waals surface area contributed by atoms with E-state index >= 15 is 0 Å². The molecule has 1 saturated carbocycles. The van der Waals surface area contributed by atoms with Gasteiger partial charge < -0.3 is 25.6 Å². The number of ether oxygens (including phenoxy) is 1. The van der Waals surface area contributed by atoms with Crippen LogP contribution < -0.4 is 20.9 Å². The highest BCUT2D eigenvalue weighted by atomic mass is 32.1. The molecular weight excluding hydrogens is 448 g/mol. The minimum atomic E-state index is -0.367. The van der Waals surface area contributed by atoms with Crippen molar-refractivity contribution in [3.63, 3.8) is 0 Å². The molecule has 0 aliphatic heterocycles. The van der Waals surface area contributed by atoms with Crippen molar-refractivity contribution in [3.05, 3.63) is 41.1 Å². The molecule has 0 radical (unpaired) electrons. The summed E-state index contributed by atoms with van der Waals surface area (Å²) in [6, 6.07) is 7.80. The summed E-state index contributed by atoms with van der Waals surface area (Å²) in [5, 5.41) is 10.8. The van der Waals surface area contributed by atoms with E-state index in [1.807, 2.05) is 6.07 Å². The Bertz CT molecular complexity index is 1040. The molecule has 4 rings (SSSR count). The molecule has 182 valence electrons. The van der Waals surface area contributed by atoms with E-state index in [4.69, 9.17) is 26.9 Å². The van der Waals surface area contributed by atoms with Gasteiger partial charge in [-0.1, -0.05) is 6.07 Å². The van der Waals surface area contributed by atoms with Crippen LogP contribution in [0.2, 0.25) is 0 Å². The van der Waals surface area contributed by atoms with Crippen LogP contribution in [0.15, 0.2) is 24.3 Å². The first-order valence-corrected chi connectivity index (χ1v) is 12.4. The molecule has 8 nitrogen and oxygen atoms in total. The maximum Gasteiger partial charge on any atom is 0.337 e. The average molecular weight is 483 g/mol. The number of aryl methyl sites for hydroxylation is 1. The first kappa shape index (κ1) is 24.2. The molecule has 0 spiro atoms. The molecule has 2 aromatic rings. The van der Waals surface area contributed by atoms with Crippen LogP contribution in [0.5, 0.6) is 0 Å². The minimum Gasteiger partial charge on any atom is -0.465 e. The quantitative estimate of drug-likeness (QED) is 0.419. The SMILES string of the molecule is COC(=O)c1cccc(NC(=S)N[C@H]2CC[C@@H](Nc3nc4c(c(N(C)C)n3)CCCC4)CC2)c1. The maximum absolute atomic E-state index is 11.7. The van der Waals surface area contributed by atoms with E-state index in [1.165, 1.54) is 31.2 Å². The number of anilines is 3. The maximum atomic E-state index is 11.7. The van der Waals surface area contributed by atoms with Gasteiger partial charge in [-0.25, -0.2) is 9.78 Å². The normalized spacial score (nSPS) is 19.5. The van der Waals surface area contributed by atoms with Gasteiger partial charge in [-0.05, 0) is 81.8 Å². The predicted molar refractivity (Wildman–Crippen MR) is 140 cm³/mol. The third-order valence-corrected chi connectivity index (χ3v) is 6.74. The lowest BCUT2D eigenvalue weighted by Gasteiger charge is -2.31. The monoisotopic (exact) mass is 482 g/mol. The molecular formula is C25H34N6O2S. The van der Waals surface area contributed by atoms with E-state index in [9.17, 15) is 4.79 Å². The molecule has 1 aromatic carbocycles. The third-order valence-electron chi connectivity index (χ3n) is 6.52. The Balaban J connectivity index is 1.29. The van der Waals surface area contributed by atoms with Crippen molar-refractivity contribution in [2.45, 2.75) is 63.5 Å². The predicted octanol–water partition coefficient (Wildman–Crippen LogP) is 3.92. The van der Waals surface area contributed by atoms with Crippen molar-refractivity contribution >= 4 is 40.8 Å². The van der Waals surface area contributed by atoms with Gasteiger partial charge in [0, 0.05) is 37.4 Å². The molecule has 0 unspecified atom stereocenters. The summed E-state index contributed by atoms with van der Waals surface area (Å²) in [4.78, 5) is 23.5. The Kier molecular flexibility index (Phi) is 7.82. The van der Waals surface area contributed by atoms with Gasteiger partial charge in [-0.2, -0.15) is 4.98 Å². The first-order valence-electron chi connectivity index (χ1n) is 12.0. The molecule has 2 aliphatic carbocycles. The fourth-order valence-electron chi connectivity index (χ4n) is 4.77. The Labute approximate surface area is 206 Å². The zero-order valence-corrected chi connectivity index (χ0v) is 21.0. The minimum absolute atomic E-state index is 0.309. The molecule has 0 atom stereocenters. The summed E-state index contributed by atoms with van der Waals surface area (Å²) >= 11 is 5.51. The van der Waals surface area contributed by atoms with Crippen LogP contribution in [0.25, 0.3) is 0 Å². The number of hydrogen-bond donors (Lipinski definition) is 3. The number of aromatic nitrogens is 2. The Hall–Kier alpha value is -2.94. The van der Waals surface area contributed by atoms with Crippen LogP contribution >= 0.6 is 12.2 Å². The smallest absolute Gasteiger partial charge is 0.337 e. The van der Waals surface area contributed by atoms with E-state index in [-0.39, 0.29) is 5.97 Å². The van der Waals surface area contributed by atoms with Crippen LogP contribution in [-0.2, 0) is 17.6 Å². The number of thiocarbonyl (C=S) groups is 1. The number of nitrogens with zero attached hydrogens (tertiary/aromatic N) is 3. The van der Waals surface area contributed by atoms with Crippen LogP contribution in [0, 0.1) is 0 Å².